The summed E-state index contributed by atoms with van der Waals surface area (Å²) in [6.07, 6.45) is 3.00. The second-order valence-electron chi connectivity index (χ2n) is 7.88. The van der Waals surface area contributed by atoms with Crippen molar-refractivity contribution in [3.8, 4) is 5.75 Å². The van der Waals surface area contributed by atoms with Crippen molar-refractivity contribution in [1.82, 2.24) is 10.7 Å². The largest absolute Gasteiger partial charge is 0.483 e. The van der Waals surface area contributed by atoms with Crippen LogP contribution in [-0.4, -0.2) is 49.8 Å². The molecule has 10 heteroatoms. The second-order valence-corrected chi connectivity index (χ2v) is 8.32. The zero-order valence-corrected chi connectivity index (χ0v) is 19.8. The van der Waals surface area contributed by atoms with Crippen molar-refractivity contribution in [2.75, 3.05) is 25.1 Å². The second kappa shape index (κ2) is 12.2. The molecule has 1 fully saturated rings. The Morgan fingerprint density at radius 1 is 1.18 bits per heavy atom. The molecular weight excluding hydrogens is 460 g/mol. The first-order chi connectivity index (χ1) is 16.3. The maximum Gasteiger partial charge on any atom is 0.329 e. The van der Waals surface area contributed by atoms with Crippen LogP contribution < -0.4 is 20.8 Å². The van der Waals surface area contributed by atoms with Crippen molar-refractivity contribution in [2.24, 2.45) is 5.10 Å². The number of nitrogens with zero attached hydrogens (tertiary/aromatic N) is 1. The zero-order valence-electron chi connectivity index (χ0n) is 19.0. The normalized spacial score (nSPS) is 15.2. The van der Waals surface area contributed by atoms with Gasteiger partial charge < -0.3 is 20.1 Å². The number of benzene rings is 2. The summed E-state index contributed by atoms with van der Waals surface area (Å²) in [6, 6.07) is 10.5. The molecule has 1 heterocycles. The van der Waals surface area contributed by atoms with E-state index in [-0.39, 0.29) is 25.2 Å². The molecule has 2 aromatic rings. The van der Waals surface area contributed by atoms with Crippen molar-refractivity contribution in [3.63, 3.8) is 0 Å². The lowest BCUT2D eigenvalue weighted by Gasteiger charge is -2.12. The SMILES string of the molecule is Cc1ccc(NC(=O)COc2ccc(Cl)cc2/C=N\NC(=O)C(=O)NC[C@@H]2CCCO2)c(C)c1. The highest BCUT2D eigenvalue weighted by molar-refractivity contribution is 6.35. The first-order valence-electron chi connectivity index (χ1n) is 10.8. The third-order valence-electron chi connectivity index (χ3n) is 5.08. The van der Waals surface area contributed by atoms with Crippen molar-refractivity contribution < 1.29 is 23.9 Å². The molecule has 0 radical (unpaired) electrons. The molecule has 0 aromatic heterocycles. The molecule has 1 aliphatic rings. The molecule has 180 valence electrons. The Bertz CT molecular complexity index is 1080. The highest BCUT2D eigenvalue weighted by Gasteiger charge is 2.19. The van der Waals surface area contributed by atoms with Gasteiger partial charge in [0.1, 0.15) is 5.75 Å². The van der Waals surface area contributed by atoms with Crippen LogP contribution in [0.3, 0.4) is 0 Å². The van der Waals surface area contributed by atoms with E-state index in [0.717, 1.165) is 24.0 Å². The number of amides is 3. The number of ether oxygens (including phenoxy) is 2. The number of halogens is 1. The Hall–Kier alpha value is -3.43. The van der Waals surface area contributed by atoms with E-state index in [9.17, 15) is 14.4 Å². The van der Waals surface area contributed by atoms with Gasteiger partial charge in [-0.3, -0.25) is 14.4 Å². The number of hydrogen-bond acceptors (Lipinski definition) is 6. The van der Waals surface area contributed by atoms with Gasteiger partial charge in [0.05, 0.1) is 12.3 Å². The van der Waals surface area contributed by atoms with Gasteiger partial charge in [0, 0.05) is 29.4 Å². The van der Waals surface area contributed by atoms with Crippen molar-refractivity contribution in [3.05, 3.63) is 58.1 Å². The maximum absolute atomic E-state index is 12.3. The van der Waals surface area contributed by atoms with Gasteiger partial charge in [-0.1, -0.05) is 29.3 Å². The van der Waals surface area contributed by atoms with Crippen LogP contribution in [0.15, 0.2) is 41.5 Å². The van der Waals surface area contributed by atoms with Crippen LogP contribution in [0.1, 0.15) is 29.5 Å². The number of carbonyl (C=O) groups excluding carboxylic acids is 3. The molecule has 0 spiro atoms. The molecule has 1 atom stereocenters. The average molecular weight is 487 g/mol. The molecule has 3 N–H and O–H groups in total. The molecule has 0 saturated carbocycles. The molecule has 0 bridgehead atoms. The minimum absolute atomic E-state index is 0.0708. The topological polar surface area (TPSA) is 118 Å². The van der Waals surface area contributed by atoms with E-state index < -0.39 is 11.8 Å². The lowest BCUT2D eigenvalue weighted by molar-refractivity contribution is -0.139. The fraction of sp³-hybridized carbons (Fsp3) is 0.333. The van der Waals surface area contributed by atoms with E-state index in [1.54, 1.807) is 18.2 Å². The quantitative estimate of drug-likeness (QED) is 0.301. The summed E-state index contributed by atoms with van der Waals surface area (Å²) in [5.74, 6) is -1.72. The summed E-state index contributed by atoms with van der Waals surface area (Å²) in [5.41, 5.74) is 5.34. The molecule has 34 heavy (non-hydrogen) atoms. The number of nitrogens with one attached hydrogen (secondary N) is 3. The van der Waals surface area contributed by atoms with E-state index in [0.29, 0.717) is 28.6 Å². The third kappa shape index (κ3) is 7.57. The van der Waals surface area contributed by atoms with E-state index in [1.165, 1.54) is 6.21 Å². The van der Waals surface area contributed by atoms with E-state index in [1.807, 2.05) is 32.0 Å². The first-order valence-corrected chi connectivity index (χ1v) is 11.2. The summed E-state index contributed by atoms with van der Waals surface area (Å²) in [6.45, 7) is 4.58. The minimum Gasteiger partial charge on any atom is -0.483 e. The summed E-state index contributed by atoms with van der Waals surface area (Å²) in [5, 5.41) is 9.53. The van der Waals surface area contributed by atoms with Gasteiger partial charge in [0.25, 0.3) is 5.91 Å². The molecule has 1 aliphatic heterocycles. The van der Waals surface area contributed by atoms with Crippen LogP contribution in [0.4, 0.5) is 5.69 Å². The van der Waals surface area contributed by atoms with Gasteiger partial charge in [-0.2, -0.15) is 5.10 Å². The standard InChI is InChI=1S/C24H27ClN4O5/c1-15-5-7-20(16(2)10-15)28-22(30)14-34-21-8-6-18(25)11-17(21)12-27-29-24(32)23(31)26-13-19-4-3-9-33-19/h5-8,10-12,19H,3-4,9,13-14H2,1-2H3,(H,26,31)(H,28,30)(H,29,32)/b27-12-/t19-/m0/s1. The number of carbonyl (C=O) groups is 3. The Morgan fingerprint density at radius 3 is 2.74 bits per heavy atom. The Balaban J connectivity index is 1.53. The highest BCUT2D eigenvalue weighted by atomic mass is 35.5. The smallest absolute Gasteiger partial charge is 0.329 e. The van der Waals surface area contributed by atoms with Crippen LogP contribution in [0.5, 0.6) is 5.75 Å². The van der Waals surface area contributed by atoms with Gasteiger partial charge in [-0.25, -0.2) is 5.43 Å². The van der Waals surface area contributed by atoms with Crippen molar-refractivity contribution in [1.29, 1.82) is 0 Å². The Morgan fingerprint density at radius 2 is 2.00 bits per heavy atom. The molecule has 3 rings (SSSR count). The van der Waals surface area contributed by atoms with Crippen LogP contribution in [-0.2, 0) is 19.1 Å². The Labute approximate surface area is 202 Å². The van der Waals surface area contributed by atoms with Gasteiger partial charge >= 0.3 is 11.8 Å². The minimum atomic E-state index is -0.911. The predicted octanol–water partition coefficient (Wildman–Crippen LogP) is 2.72. The number of rotatable bonds is 8. The number of hydrazone groups is 1. The summed E-state index contributed by atoms with van der Waals surface area (Å²) in [7, 11) is 0. The average Bonchev–Trinajstić information content (AvgIpc) is 3.32. The van der Waals surface area contributed by atoms with Crippen LogP contribution in [0.25, 0.3) is 0 Å². The molecular formula is C24H27ClN4O5. The lowest BCUT2D eigenvalue weighted by Crippen LogP contribution is -2.41. The summed E-state index contributed by atoms with van der Waals surface area (Å²) >= 11 is 6.05. The number of aryl methyl sites for hydroxylation is 2. The summed E-state index contributed by atoms with van der Waals surface area (Å²) in [4.78, 5) is 36.2. The van der Waals surface area contributed by atoms with Crippen molar-refractivity contribution in [2.45, 2.75) is 32.8 Å². The molecule has 1 saturated heterocycles. The maximum atomic E-state index is 12.3. The monoisotopic (exact) mass is 486 g/mol. The number of anilines is 1. The lowest BCUT2D eigenvalue weighted by atomic mass is 10.1. The van der Waals surface area contributed by atoms with E-state index in [4.69, 9.17) is 21.1 Å². The molecule has 0 aliphatic carbocycles. The van der Waals surface area contributed by atoms with Gasteiger partial charge in [-0.15, -0.1) is 0 Å². The fourth-order valence-electron chi connectivity index (χ4n) is 3.34. The molecule has 0 unspecified atom stereocenters. The Kier molecular flexibility index (Phi) is 9.00. The van der Waals surface area contributed by atoms with E-state index in [2.05, 4.69) is 21.2 Å². The third-order valence-corrected chi connectivity index (χ3v) is 5.31. The van der Waals surface area contributed by atoms with Crippen LogP contribution >= 0.6 is 11.6 Å². The van der Waals surface area contributed by atoms with Gasteiger partial charge in [0.15, 0.2) is 6.61 Å². The molecule has 2 aromatic carbocycles. The molecule has 3 amide bonds. The first kappa shape index (κ1) is 25.2. The van der Waals surface area contributed by atoms with Crippen molar-refractivity contribution >= 4 is 41.2 Å². The fourth-order valence-corrected chi connectivity index (χ4v) is 3.52. The number of hydrogen-bond donors (Lipinski definition) is 3. The molecule has 9 nitrogen and oxygen atoms in total. The van der Waals surface area contributed by atoms with Gasteiger partial charge in [0.2, 0.25) is 0 Å². The highest BCUT2D eigenvalue weighted by Crippen LogP contribution is 2.22. The van der Waals surface area contributed by atoms with E-state index >= 15 is 0 Å². The zero-order chi connectivity index (χ0) is 24.5. The summed E-state index contributed by atoms with van der Waals surface area (Å²) < 4.78 is 11.0. The van der Waals surface area contributed by atoms with Crippen LogP contribution in [0, 0.1) is 13.8 Å². The van der Waals surface area contributed by atoms with Crippen LogP contribution in [0.2, 0.25) is 5.02 Å². The predicted molar refractivity (Wildman–Crippen MR) is 129 cm³/mol. The van der Waals surface area contributed by atoms with Gasteiger partial charge in [-0.05, 0) is 56.5 Å².